The predicted octanol–water partition coefficient (Wildman–Crippen LogP) is 0.310. The Morgan fingerprint density at radius 1 is 1.45 bits per heavy atom. The summed E-state index contributed by atoms with van der Waals surface area (Å²) in [6.45, 7) is 4.79. The van der Waals surface area contributed by atoms with Gasteiger partial charge in [0.05, 0.1) is 6.26 Å². The highest BCUT2D eigenvalue weighted by Crippen LogP contribution is 2.26. The van der Waals surface area contributed by atoms with Gasteiger partial charge in [0.1, 0.15) is 5.82 Å². The molecule has 8 heteroatoms. The lowest BCUT2D eigenvalue weighted by Gasteiger charge is -2.22. The number of nitrogen functional groups attached to an aromatic ring is 1. The van der Waals surface area contributed by atoms with Gasteiger partial charge in [0.15, 0.2) is 0 Å². The van der Waals surface area contributed by atoms with Crippen LogP contribution in [0.5, 0.6) is 0 Å². The zero-order valence-electron chi connectivity index (χ0n) is 13.0. The van der Waals surface area contributed by atoms with E-state index in [-0.39, 0.29) is 29.6 Å². The molecular weight excluding hydrogens is 304 g/mol. The van der Waals surface area contributed by atoms with Crippen molar-refractivity contribution < 1.29 is 13.2 Å². The zero-order valence-corrected chi connectivity index (χ0v) is 13.8. The molecule has 1 saturated heterocycles. The standard InChI is InChI=1S/C14H22N4O3S/c1-9(2)11-7-18(22(3,20)21)8-12(11)17-14(19)10-4-5-16-13(15)6-10/h4-6,9,11-12H,7-8H2,1-3H3,(H2,15,16)(H,17,19)/t11-,12+/m0/s1. The van der Waals surface area contributed by atoms with E-state index in [9.17, 15) is 13.2 Å². The van der Waals surface area contributed by atoms with Gasteiger partial charge in [-0.25, -0.2) is 13.4 Å². The lowest BCUT2D eigenvalue weighted by Crippen LogP contribution is -2.42. The molecule has 1 aliphatic rings. The van der Waals surface area contributed by atoms with E-state index in [4.69, 9.17) is 5.73 Å². The number of anilines is 1. The summed E-state index contributed by atoms with van der Waals surface area (Å²) >= 11 is 0. The molecule has 0 saturated carbocycles. The average Bonchev–Trinajstić information content (AvgIpc) is 2.82. The van der Waals surface area contributed by atoms with Crippen LogP contribution in [-0.4, -0.2) is 49.0 Å². The fraction of sp³-hybridized carbons (Fsp3) is 0.571. The third-order valence-corrected chi connectivity index (χ3v) is 5.25. The highest BCUT2D eigenvalue weighted by Gasteiger charge is 2.39. The van der Waals surface area contributed by atoms with E-state index < -0.39 is 10.0 Å². The number of hydrogen-bond acceptors (Lipinski definition) is 5. The van der Waals surface area contributed by atoms with Gasteiger partial charge in [-0.1, -0.05) is 13.8 Å². The van der Waals surface area contributed by atoms with Gasteiger partial charge in [0.25, 0.3) is 5.91 Å². The Labute approximate surface area is 131 Å². The summed E-state index contributed by atoms with van der Waals surface area (Å²) in [7, 11) is -3.26. The molecule has 0 spiro atoms. The Kier molecular flexibility index (Phi) is 4.72. The monoisotopic (exact) mass is 326 g/mol. The van der Waals surface area contributed by atoms with Crippen molar-refractivity contribution >= 4 is 21.7 Å². The molecule has 7 nitrogen and oxygen atoms in total. The number of nitrogens with one attached hydrogen (secondary N) is 1. The summed E-state index contributed by atoms with van der Waals surface area (Å²) < 4.78 is 24.9. The Bertz CT molecular complexity index is 660. The molecule has 0 aromatic carbocycles. The van der Waals surface area contributed by atoms with Crippen molar-refractivity contribution in [2.75, 3.05) is 25.1 Å². The summed E-state index contributed by atoms with van der Waals surface area (Å²) in [5.41, 5.74) is 6.00. The Morgan fingerprint density at radius 2 is 2.14 bits per heavy atom. The topological polar surface area (TPSA) is 105 Å². The molecule has 22 heavy (non-hydrogen) atoms. The number of amides is 1. The predicted molar refractivity (Wildman–Crippen MR) is 84.6 cm³/mol. The Hall–Kier alpha value is -1.67. The van der Waals surface area contributed by atoms with E-state index in [1.807, 2.05) is 13.8 Å². The fourth-order valence-corrected chi connectivity index (χ4v) is 3.61. The number of hydrogen-bond donors (Lipinski definition) is 2. The van der Waals surface area contributed by atoms with Gasteiger partial charge in [-0.15, -0.1) is 0 Å². The first-order valence-electron chi connectivity index (χ1n) is 7.16. The van der Waals surface area contributed by atoms with Gasteiger partial charge < -0.3 is 11.1 Å². The summed E-state index contributed by atoms with van der Waals surface area (Å²) in [6.07, 6.45) is 2.67. The first-order chi connectivity index (χ1) is 10.2. The van der Waals surface area contributed by atoms with Crippen LogP contribution in [0, 0.1) is 11.8 Å². The van der Waals surface area contributed by atoms with Gasteiger partial charge in [-0.05, 0) is 24.0 Å². The number of carbonyl (C=O) groups excluding carboxylic acids is 1. The van der Waals surface area contributed by atoms with Crippen LogP contribution < -0.4 is 11.1 Å². The van der Waals surface area contributed by atoms with Crippen LogP contribution in [0.3, 0.4) is 0 Å². The van der Waals surface area contributed by atoms with Crippen LogP contribution in [0.4, 0.5) is 5.82 Å². The smallest absolute Gasteiger partial charge is 0.251 e. The highest BCUT2D eigenvalue weighted by molar-refractivity contribution is 7.88. The summed E-state index contributed by atoms with van der Waals surface area (Å²) in [4.78, 5) is 16.2. The van der Waals surface area contributed by atoms with Crippen molar-refractivity contribution in [2.24, 2.45) is 11.8 Å². The van der Waals surface area contributed by atoms with Gasteiger partial charge in [0, 0.05) is 30.9 Å². The van der Waals surface area contributed by atoms with Gasteiger partial charge in [0.2, 0.25) is 10.0 Å². The molecule has 0 radical (unpaired) electrons. The van der Waals surface area contributed by atoms with Crippen molar-refractivity contribution in [3.63, 3.8) is 0 Å². The van der Waals surface area contributed by atoms with E-state index in [2.05, 4.69) is 10.3 Å². The molecule has 1 aromatic rings. The lowest BCUT2D eigenvalue weighted by atomic mass is 9.91. The fourth-order valence-electron chi connectivity index (χ4n) is 2.73. The minimum absolute atomic E-state index is 0.0814. The number of sulfonamides is 1. The maximum atomic E-state index is 12.3. The van der Waals surface area contributed by atoms with Gasteiger partial charge >= 0.3 is 0 Å². The van der Waals surface area contributed by atoms with E-state index in [0.717, 1.165) is 0 Å². The number of pyridine rings is 1. The third kappa shape index (κ3) is 3.75. The van der Waals surface area contributed by atoms with Gasteiger partial charge in [-0.2, -0.15) is 4.31 Å². The lowest BCUT2D eigenvalue weighted by molar-refractivity contribution is 0.0925. The minimum Gasteiger partial charge on any atom is -0.384 e. The maximum Gasteiger partial charge on any atom is 0.251 e. The van der Waals surface area contributed by atoms with Crippen LogP contribution in [0.1, 0.15) is 24.2 Å². The first kappa shape index (κ1) is 16.7. The molecule has 2 atom stereocenters. The van der Waals surface area contributed by atoms with Crippen LogP contribution in [0.2, 0.25) is 0 Å². The summed E-state index contributed by atoms with van der Waals surface area (Å²) in [5, 5.41) is 2.93. The van der Waals surface area contributed by atoms with Gasteiger partial charge in [-0.3, -0.25) is 4.79 Å². The Morgan fingerprint density at radius 3 is 2.68 bits per heavy atom. The molecule has 1 amide bonds. The number of carbonyl (C=O) groups is 1. The molecule has 0 unspecified atom stereocenters. The molecule has 0 bridgehead atoms. The number of nitrogens with zero attached hydrogens (tertiary/aromatic N) is 2. The zero-order chi connectivity index (χ0) is 16.5. The summed E-state index contributed by atoms with van der Waals surface area (Å²) in [6, 6.07) is 2.87. The Balaban J connectivity index is 2.14. The summed E-state index contributed by atoms with van der Waals surface area (Å²) in [5.74, 6) is 0.356. The highest BCUT2D eigenvalue weighted by atomic mass is 32.2. The van der Waals surface area contributed by atoms with E-state index in [1.165, 1.54) is 22.8 Å². The van der Waals surface area contributed by atoms with Crippen molar-refractivity contribution in [1.29, 1.82) is 0 Å². The molecule has 2 rings (SSSR count). The van der Waals surface area contributed by atoms with E-state index >= 15 is 0 Å². The average molecular weight is 326 g/mol. The van der Waals surface area contributed by atoms with Crippen molar-refractivity contribution in [1.82, 2.24) is 14.6 Å². The molecule has 122 valence electrons. The van der Waals surface area contributed by atoms with Crippen molar-refractivity contribution in [3.8, 4) is 0 Å². The van der Waals surface area contributed by atoms with E-state index in [0.29, 0.717) is 18.7 Å². The third-order valence-electron chi connectivity index (χ3n) is 4.02. The molecule has 1 aromatic heterocycles. The van der Waals surface area contributed by atoms with Crippen LogP contribution >= 0.6 is 0 Å². The quantitative estimate of drug-likeness (QED) is 0.828. The largest absolute Gasteiger partial charge is 0.384 e. The number of rotatable bonds is 4. The second-order valence-corrected chi connectivity index (χ2v) is 8.02. The molecule has 0 aliphatic carbocycles. The maximum absolute atomic E-state index is 12.3. The number of aromatic nitrogens is 1. The molecule has 2 heterocycles. The van der Waals surface area contributed by atoms with Crippen LogP contribution in [-0.2, 0) is 10.0 Å². The molecule has 1 fully saturated rings. The molecular formula is C14H22N4O3S. The number of nitrogens with two attached hydrogens (primary N) is 1. The molecule has 3 N–H and O–H groups in total. The first-order valence-corrected chi connectivity index (χ1v) is 9.01. The second kappa shape index (κ2) is 6.21. The van der Waals surface area contributed by atoms with Crippen LogP contribution in [0.15, 0.2) is 18.3 Å². The van der Waals surface area contributed by atoms with Crippen LogP contribution in [0.25, 0.3) is 0 Å². The second-order valence-electron chi connectivity index (χ2n) is 6.04. The van der Waals surface area contributed by atoms with E-state index in [1.54, 1.807) is 6.07 Å². The molecule has 1 aliphatic heterocycles. The van der Waals surface area contributed by atoms with Crippen molar-refractivity contribution in [3.05, 3.63) is 23.9 Å². The van der Waals surface area contributed by atoms with Crippen molar-refractivity contribution in [2.45, 2.75) is 19.9 Å². The minimum atomic E-state index is -3.26. The SMILES string of the molecule is CC(C)[C@@H]1CN(S(C)(=O)=O)C[C@H]1NC(=O)c1ccnc(N)c1. The normalized spacial score (nSPS) is 22.9.